The molecule has 106 valence electrons. The largest absolute Gasteiger partial charge is 0.391 e. The van der Waals surface area contributed by atoms with E-state index in [-0.39, 0.29) is 23.0 Å². The quantitative estimate of drug-likeness (QED) is 0.746. The van der Waals surface area contributed by atoms with Crippen LogP contribution in [-0.4, -0.2) is 17.3 Å². The van der Waals surface area contributed by atoms with Crippen molar-refractivity contribution < 1.29 is 5.11 Å². The van der Waals surface area contributed by atoms with Gasteiger partial charge in [0, 0.05) is 12.1 Å². The first kappa shape index (κ1) is 14.4. The van der Waals surface area contributed by atoms with Crippen LogP contribution in [0.5, 0.6) is 0 Å². The monoisotopic (exact) mass is 261 g/mol. The van der Waals surface area contributed by atoms with Crippen molar-refractivity contribution >= 4 is 5.69 Å². The third-order valence-corrected chi connectivity index (χ3v) is 4.03. The van der Waals surface area contributed by atoms with Gasteiger partial charge in [-0.25, -0.2) is 0 Å². The van der Waals surface area contributed by atoms with E-state index in [2.05, 4.69) is 65.1 Å². The molecule has 0 amide bonds. The van der Waals surface area contributed by atoms with E-state index in [1.807, 2.05) is 0 Å². The Balaban J connectivity index is 2.34. The van der Waals surface area contributed by atoms with Gasteiger partial charge in [0.25, 0.3) is 0 Å². The maximum atomic E-state index is 10.4. The molecular weight excluding hydrogens is 234 g/mol. The molecule has 2 heteroatoms. The molecule has 19 heavy (non-hydrogen) atoms. The Hall–Kier alpha value is -1.02. The Bertz CT molecular complexity index is 465. The van der Waals surface area contributed by atoms with Crippen molar-refractivity contribution in [1.29, 1.82) is 0 Å². The molecule has 1 aromatic carbocycles. The molecule has 2 unspecified atom stereocenters. The van der Waals surface area contributed by atoms with E-state index in [9.17, 15) is 5.11 Å². The SMILES string of the molecule is CC(C)(C)c1ccc2c(c1)CC(O)C(C(C)(C)C)N2. The fraction of sp³-hybridized carbons (Fsp3) is 0.647. The molecule has 2 rings (SSSR count). The zero-order chi connectivity index (χ0) is 14.4. The van der Waals surface area contributed by atoms with Crippen LogP contribution in [0.25, 0.3) is 0 Å². The first-order valence-corrected chi connectivity index (χ1v) is 7.17. The normalized spacial score (nSPS) is 23.7. The van der Waals surface area contributed by atoms with Crippen molar-refractivity contribution in [3.05, 3.63) is 29.3 Å². The van der Waals surface area contributed by atoms with Crippen LogP contribution in [0.1, 0.15) is 52.7 Å². The molecule has 0 saturated carbocycles. The minimum atomic E-state index is -0.317. The van der Waals surface area contributed by atoms with E-state index in [0.717, 1.165) is 6.42 Å². The van der Waals surface area contributed by atoms with E-state index in [0.29, 0.717) is 0 Å². The standard InChI is InChI=1S/C17H27NO/c1-16(2,3)12-7-8-13-11(9-12)10-14(19)15(18-13)17(4,5)6/h7-9,14-15,18-19H,10H2,1-6H3. The highest BCUT2D eigenvalue weighted by Crippen LogP contribution is 2.35. The average Bonchev–Trinajstić information content (AvgIpc) is 2.24. The number of aliphatic hydroxyl groups excluding tert-OH is 1. The van der Waals surface area contributed by atoms with Crippen molar-refractivity contribution in [2.75, 3.05) is 5.32 Å². The summed E-state index contributed by atoms with van der Waals surface area (Å²) >= 11 is 0. The number of anilines is 1. The molecule has 0 aromatic heterocycles. The molecule has 0 radical (unpaired) electrons. The van der Waals surface area contributed by atoms with Gasteiger partial charge in [-0.05, 0) is 28.0 Å². The van der Waals surface area contributed by atoms with Crippen LogP contribution < -0.4 is 5.32 Å². The summed E-state index contributed by atoms with van der Waals surface area (Å²) in [5.41, 5.74) is 3.95. The van der Waals surface area contributed by atoms with Gasteiger partial charge in [0.2, 0.25) is 0 Å². The van der Waals surface area contributed by atoms with Gasteiger partial charge in [-0.3, -0.25) is 0 Å². The first-order valence-electron chi connectivity index (χ1n) is 7.17. The van der Waals surface area contributed by atoms with Gasteiger partial charge in [-0.15, -0.1) is 0 Å². The fourth-order valence-corrected chi connectivity index (χ4v) is 2.77. The highest BCUT2D eigenvalue weighted by atomic mass is 16.3. The summed E-state index contributed by atoms with van der Waals surface area (Å²) < 4.78 is 0. The third-order valence-electron chi connectivity index (χ3n) is 4.03. The lowest BCUT2D eigenvalue weighted by atomic mass is 9.78. The predicted octanol–water partition coefficient (Wildman–Crippen LogP) is 3.73. The molecule has 1 aromatic rings. The molecule has 0 fully saturated rings. The summed E-state index contributed by atoms with van der Waals surface area (Å²) in [6, 6.07) is 6.72. The Kier molecular flexibility index (Phi) is 3.42. The van der Waals surface area contributed by atoms with Crippen molar-refractivity contribution in [1.82, 2.24) is 0 Å². The van der Waals surface area contributed by atoms with Gasteiger partial charge in [0.1, 0.15) is 0 Å². The van der Waals surface area contributed by atoms with Gasteiger partial charge in [0.05, 0.1) is 12.1 Å². The summed E-state index contributed by atoms with van der Waals surface area (Å²) in [6.45, 7) is 13.2. The molecule has 2 atom stereocenters. The Morgan fingerprint density at radius 3 is 2.26 bits per heavy atom. The minimum Gasteiger partial charge on any atom is -0.391 e. The highest BCUT2D eigenvalue weighted by Gasteiger charge is 2.35. The Morgan fingerprint density at radius 2 is 1.74 bits per heavy atom. The molecule has 0 spiro atoms. The average molecular weight is 261 g/mol. The molecule has 0 saturated heterocycles. The van der Waals surface area contributed by atoms with Gasteiger partial charge in [-0.2, -0.15) is 0 Å². The van der Waals surface area contributed by atoms with Gasteiger partial charge in [-0.1, -0.05) is 53.7 Å². The summed E-state index contributed by atoms with van der Waals surface area (Å²) in [5, 5.41) is 13.9. The molecule has 1 aliphatic rings. The van der Waals surface area contributed by atoms with E-state index in [1.54, 1.807) is 0 Å². The van der Waals surface area contributed by atoms with Crippen molar-refractivity contribution in [2.45, 2.75) is 65.5 Å². The van der Waals surface area contributed by atoms with Gasteiger partial charge in [0.15, 0.2) is 0 Å². The zero-order valence-corrected chi connectivity index (χ0v) is 13.0. The minimum absolute atomic E-state index is 0.0554. The second-order valence-corrected chi connectivity index (χ2v) is 7.88. The zero-order valence-electron chi connectivity index (χ0n) is 13.0. The number of fused-ring (bicyclic) bond motifs is 1. The van der Waals surface area contributed by atoms with Crippen LogP contribution in [0, 0.1) is 5.41 Å². The second kappa shape index (κ2) is 4.52. The number of hydrogen-bond acceptors (Lipinski definition) is 2. The summed E-state index contributed by atoms with van der Waals surface area (Å²) in [7, 11) is 0. The lowest BCUT2D eigenvalue weighted by Gasteiger charge is -2.40. The van der Waals surface area contributed by atoms with E-state index < -0.39 is 0 Å². The summed E-state index contributed by atoms with van der Waals surface area (Å²) in [4.78, 5) is 0. The molecule has 0 aliphatic carbocycles. The van der Waals surface area contributed by atoms with Crippen LogP contribution in [0.2, 0.25) is 0 Å². The second-order valence-electron chi connectivity index (χ2n) is 7.88. The highest BCUT2D eigenvalue weighted by molar-refractivity contribution is 5.57. The van der Waals surface area contributed by atoms with Crippen molar-refractivity contribution in [2.24, 2.45) is 5.41 Å². The topological polar surface area (TPSA) is 32.3 Å². The van der Waals surface area contributed by atoms with E-state index in [4.69, 9.17) is 0 Å². The first-order chi connectivity index (χ1) is 8.59. The van der Waals surface area contributed by atoms with Crippen molar-refractivity contribution in [3.63, 3.8) is 0 Å². The maximum absolute atomic E-state index is 10.4. The lowest BCUT2D eigenvalue weighted by Crippen LogP contribution is -2.47. The van der Waals surface area contributed by atoms with E-state index >= 15 is 0 Å². The number of nitrogens with one attached hydrogen (secondary N) is 1. The third kappa shape index (κ3) is 2.94. The fourth-order valence-electron chi connectivity index (χ4n) is 2.77. The van der Waals surface area contributed by atoms with Crippen LogP contribution in [0.4, 0.5) is 5.69 Å². The molecular formula is C17H27NO. The lowest BCUT2D eigenvalue weighted by molar-refractivity contribution is 0.0986. The van der Waals surface area contributed by atoms with E-state index in [1.165, 1.54) is 16.8 Å². The number of benzene rings is 1. The smallest absolute Gasteiger partial charge is 0.0787 e. The molecule has 2 N–H and O–H groups in total. The number of aliphatic hydroxyl groups is 1. The molecule has 0 bridgehead atoms. The van der Waals surface area contributed by atoms with Crippen LogP contribution in [-0.2, 0) is 11.8 Å². The summed E-state index contributed by atoms with van der Waals surface area (Å²) in [5.74, 6) is 0. The Labute approximate surface area is 117 Å². The van der Waals surface area contributed by atoms with Gasteiger partial charge < -0.3 is 10.4 Å². The van der Waals surface area contributed by atoms with Crippen LogP contribution in [0.3, 0.4) is 0 Å². The van der Waals surface area contributed by atoms with Crippen molar-refractivity contribution in [3.8, 4) is 0 Å². The van der Waals surface area contributed by atoms with Gasteiger partial charge >= 0.3 is 0 Å². The van der Waals surface area contributed by atoms with Crippen LogP contribution in [0.15, 0.2) is 18.2 Å². The number of rotatable bonds is 0. The molecule has 1 aliphatic heterocycles. The molecule has 2 nitrogen and oxygen atoms in total. The Morgan fingerprint density at radius 1 is 1.11 bits per heavy atom. The summed E-state index contributed by atoms with van der Waals surface area (Å²) in [6.07, 6.45) is 0.427. The predicted molar refractivity (Wildman–Crippen MR) is 81.7 cm³/mol. The maximum Gasteiger partial charge on any atom is 0.0787 e. The van der Waals surface area contributed by atoms with Crippen LogP contribution >= 0.6 is 0 Å². The molecule has 1 heterocycles. The number of hydrogen-bond donors (Lipinski definition) is 2.